The van der Waals surface area contributed by atoms with Gasteiger partial charge in [0.15, 0.2) is 0 Å². The van der Waals surface area contributed by atoms with Crippen molar-refractivity contribution < 1.29 is 14.6 Å². The Balaban J connectivity index is 1.54. The van der Waals surface area contributed by atoms with Crippen molar-refractivity contribution in [3.63, 3.8) is 0 Å². The fourth-order valence-corrected chi connectivity index (χ4v) is 3.51. The van der Waals surface area contributed by atoms with E-state index in [1.165, 1.54) is 12.4 Å². The zero-order valence-electron chi connectivity index (χ0n) is 19.9. The molecule has 2 aromatic carbocycles. The monoisotopic (exact) mass is 483 g/mol. The highest BCUT2D eigenvalue weighted by Crippen LogP contribution is 2.30. The summed E-state index contributed by atoms with van der Waals surface area (Å²) in [6, 6.07) is 14.1. The highest BCUT2D eigenvalue weighted by molar-refractivity contribution is 6.05. The van der Waals surface area contributed by atoms with Gasteiger partial charge in [-0.1, -0.05) is 5.92 Å². The van der Waals surface area contributed by atoms with Gasteiger partial charge in [0, 0.05) is 42.0 Å². The number of benzene rings is 2. The molecule has 0 aliphatic rings. The second kappa shape index (κ2) is 11.2. The zero-order valence-corrected chi connectivity index (χ0v) is 19.9. The maximum absolute atomic E-state index is 12.1. The molecule has 0 radical (unpaired) electrons. The number of fused-ring (bicyclic) bond motifs is 1. The van der Waals surface area contributed by atoms with Crippen LogP contribution in [0.15, 0.2) is 65.8 Å². The number of hydrogen-bond donors (Lipinski definition) is 3. The van der Waals surface area contributed by atoms with E-state index in [0.29, 0.717) is 40.5 Å². The van der Waals surface area contributed by atoms with Crippen LogP contribution in [0.25, 0.3) is 10.9 Å². The topological polar surface area (TPSA) is 118 Å². The number of hydrogen-bond acceptors (Lipinski definition) is 7. The smallest absolute Gasteiger partial charge is 0.300 e. The second-order valence-corrected chi connectivity index (χ2v) is 7.88. The normalized spacial score (nSPS) is 10.4. The number of aliphatic hydroxyl groups excluding tert-OH is 1. The van der Waals surface area contributed by atoms with Gasteiger partial charge < -0.3 is 25.0 Å². The van der Waals surface area contributed by atoms with Crippen LogP contribution in [-0.4, -0.2) is 32.2 Å². The lowest BCUT2D eigenvalue weighted by Gasteiger charge is -2.13. The number of carbonyl (C=O) groups excluding carboxylic acids is 1. The number of nitrogens with one attached hydrogen (secondary N) is 2. The minimum Gasteiger partial charge on any atom is -0.457 e. The van der Waals surface area contributed by atoms with E-state index in [-0.39, 0.29) is 18.6 Å². The van der Waals surface area contributed by atoms with Crippen molar-refractivity contribution in [2.45, 2.75) is 26.8 Å². The Hall–Kier alpha value is -4.68. The number of ether oxygens (including phenoxy) is 1. The van der Waals surface area contributed by atoms with Crippen LogP contribution in [0.2, 0.25) is 0 Å². The van der Waals surface area contributed by atoms with Crippen molar-refractivity contribution in [1.29, 1.82) is 0 Å². The van der Waals surface area contributed by atoms with Gasteiger partial charge in [-0.25, -0.2) is 9.97 Å². The maximum atomic E-state index is 12.1. The van der Waals surface area contributed by atoms with Crippen LogP contribution in [0.5, 0.6) is 11.5 Å². The Bertz CT molecular complexity index is 1530. The molecule has 36 heavy (non-hydrogen) atoms. The first kappa shape index (κ1) is 24.4. The lowest BCUT2D eigenvalue weighted by molar-refractivity contribution is -0.111. The van der Waals surface area contributed by atoms with E-state index >= 15 is 0 Å². The highest BCUT2D eigenvalue weighted by atomic mass is 16.5. The van der Waals surface area contributed by atoms with Gasteiger partial charge in [0.05, 0.1) is 12.1 Å². The summed E-state index contributed by atoms with van der Waals surface area (Å²) < 4.78 is 7.52. The minimum absolute atomic E-state index is 0.0957. The highest BCUT2D eigenvalue weighted by Gasteiger charge is 2.09. The molecule has 3 N–H and O–H groups in total. The number of rotatable bonds is 7. The number of aromatic nitrogens is 3. The lowest BCUT2D eigenvalue weighted by Crippen LogP contribution is -2.16. The van der Waals surface area contributed by atoms with Crippen molar-refractivity contribution in [2.24, 2.45) is 0 Å². The fourth-order valence-electron chi connectivity index (χ4n) is 3.51. The third-order valence-electron chi connectivity index (χ3n) is 5.31. The molecule has 2 aromatic heterocycles. The van der Waals surface area contributed by atoms with Crippen molar-refractivity contribution in [2.75, 3.05) is 17.2 Å². The van der Waals surface area contributed by atoms with E-state index in [1.807, 2.05) is 32.0 Å². The van der Waals surface area contributed by atoms with Crippen LogP contribution >= 0.6 is 0 Å². The van der Waals surface area contributed by atoms with Gasteiger partial charge >= 0.3 is 0 Å². The van der Waals surface area contributed by atoms with Gasteiger partial charge in [0.2, 0.25) is 0 Å². The molecular weight excluding hydrogens is 458 g/mol. The van der Waals surface area contributed by atoms with E-state index in [0.717, 1.165) is 11.3 Å². The molecule has 0 saturated carbocycles. The molecule has 0 bridgehead atoms. The van der Waals surface area contributed by atoms with Gasteiger partial charge in [-0.3, -0.25) is 9.59 Å². The molecule has 0 unspecified atom stereocenters. The van der Waals surface area contributed by atoms with E-state index in [9.17, 15) is 9.59 Å². The van der Waals surface area contributed by atoms with Crippen molar-refractivity contribution in [3.05, 3.63) is 77.0 Å². The van der Waals surface area contributed by atoms with Gasteiger partial charge in [-0.05, 0) is 67.8 Å². The Labute approximate surface area is 207 Å². The van der Waals surface area contributed by atoms with E-state index < -0.39 is 5.91 Å². The molecule has 9 heteroatoms. The summed E-state index contributed by atoms with van der Waals surface area (Å²) in [5.74, 6) is 6.24. The molecule has 0 saturated heterocycles. The van der Waals surface area contributed by atoms with Crippen LogP contribution in [0.4, 0.5) is 17.2 Å². The Morgan fingerprint density at radius 2 is 1.94 bits per heavy atom. The van der Waals surface area contributed by atoms with Crippen molar-refractivity contribution >= 4 is 34.0 Å². The zero-order chi connectivity index (χ0) is 25.5. The third kappa shape index (κ3) is 5.87. The Morgan fingerprint density at radius 3 is 2.69 bits per heavy atom. The number of aryl methyl sites for hydroxylation is 2. The molecule has 0 aliphatic carbocycles. The molecular formula is C27H25N5O4. The van der Waals surface area contributed by atoms with E-state index in [1.54, 1.807) is 35.0 Å². The molecule has 4 rings (SSSR count). The largest absolute Gasteiger partial charge is 0.457 e. The molecule has 0 fully saturated rings. The van der Waals surface area contributed by atoms with E-state index in [4.69, 9.17) is 9.84 Å². The van der Waals surface area contributed by atoms with Crippen LogP contribution < -0.4 is 20.9 Å². The Kier molecular flexibility index (Phi) is 7.58. The van der Waals surface area contributed by atoms with Crippen LogP contribution in [0.3, 0.4) is 0 Å². The number of pyridine rings is 1. The second-order valence-electron chi connectivity index (χ2n) is 7.88. The predicted octanol–water partition coefficient (Wildman–Crippen LogP) is 3.98. The summed E-state index contributed by atoms with van der Waals surface area (Å²) in [4.78, 5) is 32.7. The minimum atomic E-state index is -0.465. The molecule has 1 amide bonds. The van der Waals surface area contributed by atoms with Crippen molar-refractivity contribution in [3.8, 4) is 23.3 Å². The summed E-state index contributed by atoms with van der Waals surface area (Å²) in [5, 5.41) is 15.5. The average molecular weight is 484 g/mol. The standard InChI is InChI=1S/C27H25N5O4/c1-3-32-12-11-21(16-26(32)35)36-24-10-8-19(14-18(24)2)31-27-22-15-20(7-9-23(22)28-17-29-27)30-25(34)6-4-5-13-33/h7-12,14-17,33H,3,5,13H2,1-2H3,(H,30,34)(H,28,29,31). The number of nitrogens with zero attached hydrogens (tertiary/aromatic N) is 3. The molecule has 0 aliphatic heterocycles. The number of anilines is 3. The van der Waals surface area contributed by atoms with Crippen molar-refractivity contribution in [1.82, 2.24) is 14.5 Å². The molecule has 0 spiro atoms. The number of carbonyl (C=O) groups is 1. The quantitative estimate of drug-likeness (QED) is 0.340. The maximum Gasteiger partial charge on any atom is 0.300 e. The van der Waals surface area contributed by atoms with Crippen LogP contribution in [-0.2, 0) is 11.3 Å². The summed E-state index contributed by atoms with van der Waals surface area (Å²) in [5.41, 5.74) is 2.79. The summed E-state index contributed by atoms with van der Waals surface area (Å²) in [6.07, 6.45) is 3.41. The third-order valence-corrected chi connectivity index (χ3v) is 5.31. The summed E-state index contributed by atoms with van der Waals surface area (Å²) >= 11 is 0. The number of aliphatic hydroxyl groups is 1. The first-order valence-corrected chi connectivity index (χ1v) is 11.4. The van der Waals surface area contributed by atoms with Gasteiger partial charge in [-0.15, -0.1) is 0 Å². The van der Waals surface area contributed by atoms with Gasteiger partial charge in [0.25, 0.3) is 11.5 Å². The molecule has 182 valence electrons. The molecule has 9 nitrogen and oxygen atoms in total. The first-order valence-electron chi connectivity index (χ1n) is 11.4. The fraction of sp³-hybridized carbons (Fsp3) is 0.185. The van der Waals surface area contributed by atoms with Crippen LogP contribution in [0, 0.1) is 18.8 Å². The SMILES string of the molecule is CCn1ccc(Oc2ccc(Nc3ncnc4ccc(NC(=O)C#CCCO)cc34)cc2C)cc1=O. The van der Waals surface area contributed by atoms with Crippen LogP contribution in [0.1, 0.15) is 18.9 Å². The first-order chi connectivity index (χ1) is 17.5. The van der Waals surface area contributed by atoms with Gasteiger partial charge in [-0.2, -0.15) is 0 Å². The number of amides is 1. The molecule has 0 atom stereocenters. The predicted molar refractivity (Wildman–Crippen MR) is 139 cm³/mol. The summed E-state index contributed by atoms with van der Waals surface area (Å²) in [6.45, 7) is 4.33. The summed E-state index contributed by atoms with van der Waals surface area (Å²) in [7, 11) is 0. The molecule has 2 heterocycles. The molecule has 4 aromatic rings. The Morgan fingerprint density at radius 1 is 1.11 bits per heavy atom. The van der Waals surface area contributed by atoms with Gasteiger partial charge in [0.1, 0.15) is 23.6 Å². The average Bonchev–Trinajstić information content (AvgIpc) is 2.86. The lowest BCUT2D eigenvalue weighted by atomic mass is 10.1. The van der Waals surface area contributed by atoms with E-state index in [2.05, 4.69) is 32.4 Å².